The average Bonchev–Trinajstić information content (AvgIpc) is 2.46. The Morgan fingerprint density at radius 2 is 1.89 bits per heavy atom. The average molecular weight is 255 g/mol. The van der Waals surface area contributed by atoms with Gasteiger partial charge in [-0.1, -0.05) is 30.3 Å². The smallest absolute Gasteiger partial charge is 0.131 e. The first-order valence-corrected chi connectivity index (χ1v) is 6.61. The van der Waals surface area contributed by atoms with Crippen LogP contribution in [0.3, 0.4) is 0 Å². The Morgan fingerprint density at radius 1 is 1.21 bits per heavy atom. The molecule has 2 rings (SSSR count). The van der Waals surface area contributed by atoms with Crippen LogP contribution in [0.2, 0.25) is 0 Å². The highest BCUT2D eigenvalue weighted by Gasteiger charge is 2.12. The number of pyridine rings is 1. The fourth-order valence-corrected chi connectivity index (χ4v) is 2.16. The normalized spacial score (nSPS) is 12.2. The zero-order valence-electron chi connectivity index (χ0n) is 11.8. The summed E-state index contributed by atoms with van der Waals surface area (Å²) in [5.74, 6) is 1.02. The SMILES string of the molecule is CCN(C)c1ncc([C@H](N)c2ccccc2)cc1C. The summed E-state index contributed by atoms with van der Waals surface area (Å²) in [6.45, 7) is 5.14. The van der Waals surface area contributed by atoms with E-state index in [2.05, 4.69) is 29.8 Å². The van der Waals surface area contributed by atoms with E-state index in [4.69, 9.17) is 5.73 Å². The number of rotatable bonds is 4. The highest BCUT2D eigenvalue weighted by molar-refractivity contribution is 5.47. The van der Waals surface area contributed by atoms with E-state index in [0.717, 1.165) is 29.1 Å². The van der Waals surface area contributed by atoms with Crippen LogP contribution >= 0.6 is 0 Å². The van der Waals surface area contributed by atoms with Gasteiger partial charge in [-0.05, 0) is 36.6 Å². The molecule has 1 atom stereocenters. The number of anilines is 1. The molecule has 0 spiro atoms. The van der Waals surface area contributed by atoms with Gasteiger partial charge in [0.05, 0.1) is 6.04 Å². The fourth-order valence-electron chi connectivity index (χ4n) is 2.16. The largest absolute Gasteiger partial charge is 0.360 e. The van der Waals surface area contributed by atoms with Crippen LogP contribution in [0.15, 0.2) is 42.6 Å². The molecule has 0 aliphatic carbocycles. The van der Waals surface area contributed by atoms with E-state index in [9.17, 15) is 0 Å². The first-order chi connectivity index (χ1) is 9.13. The molecule has 0 saturated heterocycles. The maximum atomic E-state index is 6.29. The number of benzene rings is 1. The highest BCUT2D eigenvalue weighted by atomic mass is 15.2. The summed E-state index contributed by atoms with van der Waals surface area (Å²) in [7, 11) is 2.05. The van der Waals surface area contributed by atoms with E-state index < -0.39 is 0 Å². The van der Waals surface area contributed by atoms with Crippen LogP contribution < -0.4 is 10.6 Å². The fraction of sp³-hybridized carbons (Fsp3) is 0.312. The molecular weight excluding hydrogens is 234 g/mol. The Kier molecular flexibility index (Phi) is 4.17. The molecule has 2 N–H and O–H groups in total. The standard InChI is InChI=1S/C16H21N3/c1-4-19(3)16-12(2)10-14(11-18-16)15(17)13-8-6-5-7-9-13/h5-11,15H,4,17H2,1-3H3/t15-/m1/s1. The summed E-state index contributed by atoms with van der Waals surface area (Å²) in [5.41, 5.74) is 9.61. The van der Waals surface area contributed by atoms with Crippen LogP contribution in [0, 0.1) is 6.92 Å². The minimum Gasteiger partial charge on any atom is -0.360 e. The van der Waals surface area contributed by atoms with Gasteiger partial charge in [-0.2, -0.15) is 0 Å². The molecule has 2 aromatic rings. The zero-order chi connectivity index (χ0) is 13.8. The van der Waals surface area contributed by atoms with Gasteiger partial charge in [-0.15, -0.1) is 0 Å². The van der Waals surface area contributed by atoms with Crippen molar-refractivity contribution in [2.45, 2.75) is 19.9 Å². The third kappa shape index (κ3) is 2.93. The lowest BCUT2D eigenvalue weighted by molar-refractivity contribution is 0.852. The first kappa shape index (κ1) is 13.6. The summed E-state index contributed by atoms with van der Waals surface area (Å²) in [6.07, 6.45) is 1.88. The van der Waals surface area contributed by atoms with Gasteiger partial charge in [0.2, 0.25) is 0 Å². The molecule has 0 saturated carbocycles. The van der Waals surface area contributed by atoms with Crippen molar-refractivity contribution < 1.29 is 0 Å². The van der Waals surface area contributed by atoms with Gasteiger partial charge in [0.15, 0.2) is 0 Å². The van der Waals surface area contributed by atoms with Crippen LogP contribution in [-0.4, -0.2) is 18.6 Å². The maximum Gasteiger partial charge on any atom is 0.131 e. The summed E-state index contributed by atoms with van der Waals surface area (Å²) >= 11 is 0. The predicted octanol–water partition coefficient (Wildman–Crippen LogP) is 2.89. The zero-order valence-corrected chi connectivity index (χ0v) is 11.8. The topological polar surface area (TPSA) is 42.2 Å². The lowest BCUT2D eigenvalue weighted by atomic mass is 10.00. The van der Waals surface area contributed by atoms with Crippen molar-refractivity contribution >= 4 is 5.82 Å². The number of hydrogen-bond acceptors (Lipinski definition) is 3. The number of aromatic nitrogens is 1. The van der Waals surface area contributed by atoms with E-state index >= 15 is 0 Å². The molecule has 0 aliphatic rings. The molecule has 0 radical (unpaired) electrons. The second kappa shape index (κ2) is 5.85. The van der Waals surface area contributed by atoms with Gasteiger partial charge in [0, 0.05) is 19.8 Å². The number of nitrogens with two attached hydrogens (primary N) is 1. The maximum absolute atomic E-state index is 6.29. The monoisotopic (exact) mass is 255 g/mol. The molecule has 1 aromatic heterocycles. The summed E-state index contributed by atoms with van der Waals surface area (Å²) < 4.78 is 0. The van der Waals surface area contributed by atoms with E-state index in [1.807, 2.05) is 43.6 Å². The van der Waals surface area contributed by atoms with Gasteiger partial charge >= 0.3 is 0 Å². The van der Waals surface area contributed by atoms with Crippen LogP contribution in [0.4, 0.5) is 5.82 Å². The molecule has 0 amide bonds. The van der Waals surface area contributed by atoms with Crippen molar-refractivity contribution in [2.24, 2.45) is 5.73 Å². The Bertz CT molecular complexity index is 537. The number of aryl methyl sites for hydroxylation is 1. The van der Waals surface area contributed by atoms with Crippen molar-refractivity contribution in [2.75, 3.05) is 18.5 Å². The first-order valence-electron chi connectivity index (χ1n) is 6.61. The summed E-state index contributed by atoms with van der Waals surface area (Å²) in [4.78, 5) is 6.67. The third-order valence-electron chi connectivity index (χ3n) is 3.43. The van der Waals surface area contributed by atoms with E-state index in [1.54, 1.807) is 0 Å². The van der Waals surface area contributed by atoms with Crippen molar-refractivity contribution in [3.63, 3.8) is 0 Å². The van der Waals surface area contributed by atoms with Crippen molar-refractivity contribution in [1.82, 2.24) is 4.98 Å². The van der Waals surface area contributed by atoms with Gasteiger partial charge < -0.3 is 10.6 Å². The molecule has 3 nitrogen and oxygen atoms in total. The lowest BCUT2D eigenvalue weighted by Gasteiger charge is -2.20. The second-order valence-corrected chi connectivity index (χ2v) is 4.81. The van der Waals surface area contributed by atoms with Crippen LogP contribution in [0.5, 0.6) is 0 Å². The van der Waals surface area contributed by atoms with E-state index in [0.29, 0.717) is 0 Å². The van der Waals surface area contributed by atoms with E-state index in [-0.39, 0.29) is 6.04 Å². The molecular formula is C16H21N3. The minimum absolute atomic E-state index is 0.117. The van der Waals surface area contributed by atoms with Gasteiger partial charge in [0.1, 0.15) is 5.82 Å². The van der Waals surface area contributed by atoms with Crippen molar-refractivity contribution in [3.8, 4) is 0 Å². The third-order valence-corrected chi connectivity index (χ3v) is 3.43. The molecule has 0 bridgehead atoms. The highest BCUT2D eigenvalue weighted by Crippen LogP contribution is 2.23. The molecule has 19 heavy (non-hydrogen) atoms. The molecule has 1 aromatic carbocycles. The van der Waals surface area contributed by atoms with Crippen LogP contribution in [0.25, 0.3) is 0 Å². The predicted molar refractivity (Wildman–Crippen MR) is 80.4 cm³/mol. The molecule has 3 heteroatoms. The Labute approximate surface area is 115 Å². The molecule has 0 fully saturated rings. The summed E-state index contributed by atoms with van der Waals surface area (Å²) in [6, 6.07) is 12.1. The van der Waals surface area contributed by atoms with Crippen molar-refractivity contribution in [1.29, 1.82) is 0 Å². The number of nitrogens with zero attached hydrogens (tertiary/aromatic N) is 2. The van der Waals surface area contributed by atoms with Gasteiger partial charge in [0.25, 0.3) is 0 Å². The lowest BCUT2D eigenvalue weighted by Crippen LogP contribution is -2.19. The van der Waals surface area contributed by atoms with Crippen LogP contribution in [-0.2, 0) is 0 Å². The minimum atomic E-state index is -0.117. The number of hydrogen-bond donors (Lipinski definition) is 1. The Hall–Kier alpha value is -1.87. The van der Waals surface area contributed by atoms with Crippen molar-refractivity contribution in [3.05, 3.63) is 59.3 Å². The van der Waals surface area contributed by atoms with Gasteiger partial charge in [-0.3, -0.25) is 0 Å². The Balaban J connectivity index is 2.30. The molecule has 0 unspecified atom stereocenters. The van der Waals surface area contributed by atoms with Crippen LogP contribution in [0.1, 0.15) is 29.7 Å². The quantitative estimate of drug-likeness (QED) is 0.913. The second-order valence-electron chi connectivity index (χ2n) is 4.81. The summed E-state index contributed by atoms with van der Waals surface area (Å²) in [5, 5.41) is 0. The van der Waals surface area contributed by atoms with E-state index in [1.165, 1.54) is 0 Å². The molecule has 1 heterocycles. The van der Waals surface area contributed by atoms with Gasteiger partial charge in [-0.25, -0.2) is 4.98 Å². The molecule has 100 valence electrons. The molecule has 0 aliphatic heterocycles. The Morgan fingerprint density at radius 3 is 2.47 bits per heavy atom.